The van der Waals surface area contributed by atoms with E-state index in [1.54, 1.807) is 0 Å². The molecule has 14 heavy (non-hydrogen) atoms. The molecule has 2 unspecified atom stereocenters. The Balaban J connectivity index is 1.95. The molecule has 2 aliphatic heterocycles. The van der Waals surface area contributed by atoms with E-state index in [1.807, 2.05) is 0 Å². The maximum atomic E-state index is 11.3. The SMILES string of the molecule is CC1CNC(=O)CN1C1CCCNC1. The van der Waals surface area contributed by atoms with E-state index in [0.29, 0.717) is 18.6 Å². The summed E-state index contributed by atoms with van der Waals surface area (Å²) in [6, 6.07) is 1.04. The van der Waals surface area contributed by atoms with Crippen molar-refractivity contribution in [2.75, 3.05) is 26.2 Å². The van der Waals surface area contributed by atoms with Crippen LogP contribution < -0.4 is 10.6 Å². The minimum absolute atomic E-state index is 0.175. The first kappa shape index (κ1) is 9.93. The molecule has 0 aromatic heterocycles. The highest BCUT2D eigenvalue weighted by molar-refractivity contribution is 5.78. The zero-order valence-electron chi connectivity index (χ0n) is 8.75. The molecule has 0 aromatic rings. The van der Waals surface area contributed by atoms with Gasteiger partial charge in [-0.15, -0.1) is 0 Å². The first-order chi connectivity index (χ1) is 6.77. The summed E-state index contributed by atoms with van der Waals surface area (Å²) in [6.07, 6.45) is 2.46. The number of piperazine rings is 1. The lowest BCUT2D eigenvalue weighted by atomic mass is 10.0. The lowest BCUT2D eigenvalue weighted by Gasteiger charge is -2.41. The number of carbonyl (C=O) groups excluding carboxylic acids is 1. The summed E-state index contributed by atoms with van der Waals surface area (Å²) in [7, 11) is 0. The maximum absolute atomic E-state index is 11.3. The number of nitrogens with zero attached hydrogens (tertiary/aromatic N) is 1. The van der Waals surface area contributed by atoms with Crippen molar-refractivity contribution < 1.29 is 4.79 Å². The molecule has 80 valence electrons. The quantitative estimate of drug-likeness (QED) is 0.599. The van der Waals surface area contributed by atoms with Gasteiger partial charge in [0.15, 0.2) is 0 Å². The van der Waals surface area contributed by atoms with Gasteiger partial charge in [-0.1, -0.05) is 0 Å². The fourth-order valence-corrected chi connectivity index (χ4v) is 2.36. The minimum atomic E-state index is 0.175. The summed E-state index contributed by atoms with van der Waals surface area (Å²) in [5.74, 6) is 0.175. The van der Waals surface area contributed by atoms with Gasteiger partial charge in [-0.3, -0.25) is 9.69 Å². The van der Waals surface area contributed by atoms with E-state index >= 15 is 0 Å². The van der Waals surface area contributed by atoms with Crippen LogP contribution in [0.2, 0.25) is 0 Å². The third kappa shape index (κ3) is 2.07. The molecule has 0 aliphatic carbocycles. The van der Waals surface area contributed by atoms with E-state index in [9.17, 15) is 4.79 Å². The average Bonchev–Trinajstić information content (AvgIpc) is 2.23. The van der Waals surface area contributed by atoms with Gasteiger partial charge in [-0.2, -0.15) is 0 Å². The topological polar surface area (TPSA) is 44.4 Å². The highest BCUT2D eigenvalue weighted by atomic mass is 16.2. The second kappa shape index (κ2) is 4.28. The molecule has 4 nitrogen and oxygen atoms in total. The van der Waals surface area contributed by atoms with Gasteiger partial charge < -0.3 is 10.6 Å². The van der Waals surface area contributed by atoms with Crippen LogP contribution in [0.15, 0.2) is 0 Å². The normalized spacial score (nSPS) is 35.4. The summed E-state index contributed by atoms with van der Waals surface area (Å²) in [5, 5.41) is 6.29. The minimum Gasteiger partial charge on any atom is -0.353 e. The van der Waals surface area contributed by atoms with Gasteiger partial charge >= 0.3 is 0 Å². The second-order valence-electron chi connectivity index (χ2n) is 4.33. The standard InChI is InChI=1S/C10H19N3O/c1-8-5-12-10(14)7-13(8)9-3-2-4-11-6-9/h8-9,11H,2-7H2,1H3,(H,12,14). The van der Waals surface area contributed by atoms with Gasteiger partial charge in [-0.05, 0) is 26.3 Å². The Labute approximate surface area is 85.0 Å². The molecule has 0 aromatic carbocycles. The number of carbonyl (C=O) groups is 1. The van der Waals surface area contributed by atoms with Crippen molar-refractivity contribution in [2.45, 2.75) is 31.8 Å². The zero-order valence-corrected chi connectivity index (χ0v) is 8.75. The number of nitrogens with one attached hydrogen (secondary N) is 2. The van der Waals surface area contributed by atoms with Gasteiger partial charge in [0, 0.05) is 25.2 Å². The summed E-state index contributed by atoms with van der Waals surface area (Å²) in [5.41, 5.74) is 0. The molecule has 2 atom stereocenters. The molecule has 0 spiro atoms. The monoisotopic (exact) mass is 197 g/mol. The van der Waals surface area contributed by atoms with Gasteiger partial charge in [-0.25, -0.2) is 0 Å². The molecule has 2 aliphatic rings. The van der Waals surface area contributed by atoms with Crippen LogP contribution in [0.5, 0.6) is 0 Å². The molecule has 1 amide bonds. The third-order valence-electron chi connectivity index (χ3n) is 3.23. The number of hydrogen-bond acceptors (Lipinski definition) is 3. The summed E-state index contributed by atoms with van der Waals surface area (Å²) >= 11 is 0. The second-order valence-corrected chi connectivity index (χ2v) is 4.33. The molecule has 2 heterocycles. The summed E-state index contributed by atoms with van der Waals surface area (Å²) in [4.78, 5) is 13.6. The smallest absolute Gasteiger partial charge is 0.234 e. The van der Waals surface area contributed by atoms with E-state index in [2.05, 4.69) is 22.5 Å². The van der Waals surface area contributed by atoms with Crippen LogP contribution in [-0.2, 0) is 4.79 Å². The van der Waals surface area contributed by atoms with Crippen molar-refractivity contribution in [2.24, 2.45) is 0 Å². The fraction of sp³-hybridized carbons (Fsp3) is 0.900. The number of hydrogen-bond donors (Lipinski definition) is 2. The number of piperidine rings is 1. The average molecular weight is 197 g/mol. The predicted molar refractivity (Wildman–Crippen MR) is 55.1 cm³/mol. The Kier molecular flexibility index (Phi) is 3.03. The van der Waals surface area contributed by atoms with E-state index in [4.69, 9.17) is 0 Å². The molecule has 2 rings (SSSR count). The highest BCUT2D eigenvalue weighted by Crippen LogP contribution is 2.14. The van der Waals surface area contributed by atoms with Crippen LogP contribution in [-0.4, -0.2) is 49.1 Å². The number of amides is 1. The van der Waals surface area contributed by atoms with Crippen molar-refractivity contribution >= 4 is 5.91 Å². The van der Waals surface area contributed by atoms with Crippen LogP contribution in [0.1, 0.15) is 19.8 Å². The molecular weight excluding hydrogens is 178 g/mol. The van der Waals surface area contributed by atoms with E-state index < -0.39 is 0 Å². The van der Waals surface area contributed by atoms with Gasteiger partial charge in [0.1, 0.15) is 0 Å². The van der Waals surface area contributed by atoms with Gasteiger partial charge in [0.25, 0.3) is 0 Å². The van der Waals surface area contributed by atoms with Crippen molar-refractivity contribution in [3.63, 3.8) is 0 Å². The van der Waals surface area contributed by atoms with Crippen molar-refractivity contribution in [3.05, 3.63) is 0 Å². The molecule has 2 N–H and O–H groups in total. The Morgan fingerprint density at radius 3 is 3.00 bits per heavy atom. The van der Waals surface area contributed by atoms with Crippen molar-refractivity contribution in [1.29, 1.82) is 0 Å². The van der Waals surface area contributed by atoms with E-state index in [1.165, 1.54) is 12.8 Å². The lowest BCUT2D eigenvalue weighted by molar-refractivity contribution is -0.126. The molecule has 2 fully saturated rings. The van der Waals surface area contributed by atoms with Gasteiger partial charge in [0.2, 0.25) is 5.91 Å². The van der Waals surface area contributed by atoms with Crippen LogP contribution in [0.4, 0.5) is 0 Å². The summed E-state index contributed by atoms with van der Waals surface area (Å²) < 4.78 is 0. The molecule has 2 saturated heterocycles. The van der Waals surface area contributed by atoms with Crippen LogP contribution in [0.25, 0.3) is 0 Å². The highest BCUT2D eigenvalue weighted by Gasteiger charge is 2.29. The van der Waals surface area contributed by atoms with Crippen molar-refractivity contribution in [3.8, 4) is 0 Å². The summed E-state index contributed by atoms with van der Waals surface area (Å²) in [6.45, 7) is 5.74. The lowest BCUT2D eigenvalue weighted by Crippen LogP contribution is -2.59. The van der Waals surface area contributed by atoms with Crippen molar-refractivity contribution in [1.82, 2.24) is 15.5 Å². The van der Waals surface area contributed by atoms with Crippen LogP contribution in [0.3, 0.4) is 0 Å². The van der Waals surface area contributed by atoms with Gasteiger partial charge in [0.05, 0.1) is 6.54 Å². The first-order valence-electron chi connectivity index (χ1n) is 5.50. The van der Waals surface area contributed by atoms with Crippen LogP contribution in [0, 0.1) is 0 Å². The maximum Gasteiger partial charge on any atom is 0.234 e. The van der Waals surface area contributed by atoms with E-state index in [-0.39, 0.29) is 5.91 Å². The zero-order chi connectivity index (χ0) is 9.97. The fourth-order valence-electron chi connectivity index (χ4n) is 2.36. The Morgan fingerprint density at radius 2 is 2.29 bits per heavy atom. The third-order valence-corrected chi connectivity index (χ3v) is 3.23. The molecule has 0 radical (unpaired) electrons. The number of rotatable bonds is 1. The molecule has 0 saturated carbocycles. The first-order valence-corrected chi connectivity index (χ1v) is 5.50. The molecule has 0 bridgehead atoms. The molecule has 4 heteroatoms. The Bertz CT molecular complexity index is 213. The molecular formula is C10H19N3O. The Morgan fingerprint density at radius 1 is 1.43 bits per heavy atom. The predicted octanol–water partition coefficient (Wildman–Crippen LogP) is -0.441. The van der Waals surface area contributed by atoms with Crippen LogP contribution >= 0.6 is 0 Å². The largest absolute Gasteiger partial charge is 0.353 e. The van der Waals surface area contributed by atoms with E-state index in [0.717, 1.165) is 19.6 Å². The Hall–Kier alpha value is -0.610.